The molecule has 1 N–H and O–H groups in total. The number of ether oxygens (including phenoxy) is 1. The molecule has 0 aromatic rings. The van der Waals surface area contributed by atoms with Crippen molar-refractivity contribution in [3.63, 3.8) is 0 Å². The number of nitrogens with one attached hydrogen (secondary N) is 1. The van der Waals surface area contributed by atoms with Gasteiger partial charge < -0.3 is 10.1 Å². The lowest BCUT2D eigenvalue weighted by molar-refractivity contribution is -0.145. The van der Waals surface area contributed by atoms with Crippen LogP contribution in [0, 0.1) is 0 Å². The quantitative estimate of drug-likeness (QED) is 0.268. The van der Waals surface area contributed by atoms with Crippen LogP contribution in [0.2, 0.25) is 0 Å². The molecular formula is C17H35NO2S. The van der Waals surface area contributed by atoms with Crippen LogP contribution >= 0.6 is 12.6 Å². The number of likely N-dealkylation sites (N-methyl/N-ethyl adjacent to an activating group) is 1. The fraction of sp³-hybridized carbons (Fsp3) is 0.941. The first-order chi connectivity index (χ1) is 10.3. The Morgan fingerprint density at radius 2 is 1.43 bits per heavy atom. The predicted molar refractivity (Wildman–Crippen MR) is 94.1 cm³/mol. The Morgan fingerprint density at radius 3 is 1.86 bits per heavy atom. The summed E-state index contributed by atoms with van der Waals surface area (Å²) < 4.78 is 5.22. The van der Waals surface area contributed by atoms with Crippen molar-refractivity contribution in [1.82, 2.24) is 5.32 Å². The molecule has 0 amide bonds. The van der Waals surface area contributed by atoms with Crippen LogP contribution in [-0.4, -0.2) is 31.4 Å². The fourth-order valence-corrected chi connectivity index (χ4v) is 2.65. The lowest BCUT2D eigenvalue weighted by atomic mass is 10.1. The zero-order valence-electron chi connectivity index (χ0n) is 14.0. The zero-order chi connectivity index (χ0) is 15.8. The first-order valence-electron chi connectivity index (χ1n) is 8.71. The molecule has 0 unspecified atom stereocenters. The summed E-state index contributed by atoms with van der Waals surface area (Å²) in [5, 5.41) is 2.89. The third kappa shape index (κ3) is 13.2. The number of hydrogen-bond donors (Lipinski definition) is 2. The summed E-state index contributed by atoms with van der Waals surface area (Å²) >= 11 is 4.11. The summed E-state index contributed by atoms with van der Waals surface area (Å²) in [5.41, 5.74) is 0. The van der Waals surface area contributed by atoms with Gasteiger partial charge in [0.15, 0.2) is 0 Å². The van der Waals surface area contributed by atoms with Crippen LogP contribution in [0.3, 0.4) is 0 Å². The van der Waals surface area contributed by atoms with Crippen LogP contribution in [0.5, 0.6) is 0 Å². The Balaban J connectivity index is 3.20. The molecule has 4 heteroatoms. The normalized spacial score (nSPS) is 12.3. The van der Waals surface area contributed by atoms with Gasteiger partial charge in [0.1, 0.15) is 6.04 Å². The predicted octanol–water partition coefficient (Wildman–Crippen LogP) is 4.36. The summed E-state index contributed by atoms with van der Waals surface area (Å²) in [4.78, 5) is 11.6. The second-order valence-electron chi connectivity index (χ2n) is 5.73. The lowest BCUT2D eigenvalue weighted by Crippen LogP contribution is -2.37. The van der Waals surface area contributed by atoms with E-state index in [1.165, 1.54) is 57.8 Å². The molecule has 0 aromatic heterocycles. The highest BCUT2D eigenvalue weighted by molar-refractivity contribution is 7.80. The smallest absolute Gasteiger partial charge is 0.323 e. The first kappa shape index (κ1) is 20.8. The maximum absolute atomic E-state index is 11.6. The van der Waals surface area contributed by atoms with E-state index in [1.807, 2.05) is 0 Å². The van der Waals surface area contributed by atoms with Crippen molar-refractivity contribution in [2.45, 2.75) is 83.6 Å². The van der Waals surface area contributed by atoms with E-state index in [0.717, 1.165) is 12.8 Å². The third-order valence-electron chi connectivity index (χ3n) is 3.81. The van der Waals surface area contributed by atoms with Crippen molar-refractivity contribution >= 4 is 18.6 Å². The van der Waals surface area contributed by atoms with Gasteiger partial charge in [0.05, 0.1) is 6.61 Å². The molecule has 126 valence electrons. The monoisotopic (exact) mass is 317 g/mol. The molecule has 1 atom stereocenters. The molecular weight excluding hydrogens is 282 g/mol. The summed E-state index contributed by atoms with van der Waals surface area (Å²) in [7, 11) is 1.75. The van der Waals surface area contributed by atoms with Gasteiger partial charge in [-0.3, -0.25) is 4.79 Å². The van der Waals surface area contributed by atoms with Crippen LogP contribution in [0.1, 0.15) is 77.6 Å². The van der Waals surface area contributed by atoms with Crippen LogP contribution in [-0.2, 0) is 9.53 Å². The second kappa shape index (κ2) is 16.2. The minimum atomic E-state index is -0.277. The molecule has 0 bridgehead atoms. The number of unbranched alkanes of at least 4 members (excludes halogenated alkanes) is 10. The maximum Gasteiger partial charge on any atom is 0.323 e. The summed E-state index contributed by atoms with van der Waals surface area (Å²) in [5.74, 6) is 0.299. The Bertz CT molecular complexity index is 233. The van der Waals surface area contributed by atoms with E-state index in [1.54, 1.807) is 7.05 Å². The summed E-state index contributed by atoms with van der Waals surface area (Å²) in [6.07, 6.45) is 14.4. The molecule has 0 heterocycles. The molecule has 0 aliphatic heterocycles. The van der Waals surface area contributed by atoms with Crippen molar-refractivity contribution in [1.29, 1.82) is 0 Å². The van der Waals surface area contributed by atoms with Gasteiger partial charge in [0.2, 0.25) is 0 Å². The third-order valence-corrected chi connectivity index (χ3v) is 4.17. The molecule has 0 rings (SSSR count). The van der Waals surface area contributed by atoms with Gasteiger partial charge in [-0.1, -0.05) is 71.1 Å². The maximum atomic E-state index is 11.6. The van der Waals surface area contributed by atoms with Crippen LogP contribution in [0.15, 0.2) is 0 Å². The topological polar surface area (TPSA) is 38.3 Å². The van der Waals surface area contributed by atoms with Crippen LogP contribution in [0.25, 0.3) is 0 Å². The molecule has 3 nitrogen and oxygen atoms in total. The molecule has 0 aliphatic carbocycles. The minimum Gasteiger partial charge on any atom is -0.465 e. The van der Waals surface area contributed by atoms with Gasteiger partial charge in [0.25, 0.3) is 0 Å². The van der Waals surface area contributed by atoms with Crippen molar-refractivity contribution in [3.05, 3.63) is 0 Å². The average Bonchev–Trinajstić information content (AvgIpc) is 2.49. The Labute approximate surface area is 137 Å². The Hall–Kier alpha value is -0.220. The number of thiol groups is 1. The summed E-state index contributed by atoms with van der Waals surface area (Å²) in [6.45, 7) is 2.80. The van der Waals surface area contributed by atoms with E-state index in [0.29, 0.717) is 12.4 Å². The molecule has 21 heavy (non-hydrogen) atoms. The van der Waals surface area contributed by atoms with Crippen LogP contribution < -0.4 is 5.32 Å². The van der Waals surface area contributed by atoms with Gasteiger partial charge in [0, 0.05) is 5.75 Å². The molecule has 0 radical (unpaired) electrons. The van der Waals surface area contributed by atoms with Gasteiger partial charge in [-0.25, -0.2) is 0 Å². The van der Waals surface area contributed by atoms with E-state index >= 15 is 0 Å². The van der Waals surface area contributed by atoms with E-state index in [-0.39, 0.29) is 12.0 Å². The largest absolute Gasteiger partial charge is 0.465 e. The van der Waals surface area contributed by atoms with E-state index in [9.17, 15) is 4.79 Å². The first-order valence-corrected chi connectivity index (χ1v) is 9.34. The second-order valence-corrected chi connectivity index (χ2v) is 6.09. The Morgan fingerprint density at radius 1 is 0.952 bits per heavy atom. The number of carbonyl (C=O) groups is 1. The van der Waals surface area contributed by atoms with Gasteiger partial charge in [-0.15, -0.1) is 0 Å². The van der Waals surface area contributed by atoms with Gasteiger partial charge in [-0.05, 0) is 13.5 Å². The highest BCUT2D eigenvalue weighted by Crippen LogP contribution is 2.11. The van der Waals surface area contributed by atoms with Crippen molar-refractivity contribution in [3.8, 4) is 0 Å². The Kier molecular flexibility index (Phi) is 16.0. The molecule has 0 saturated carbocycles. The van der Waals surface area contributed by atoms with Gasteiger partial charge >= 0.3 is 5.97 Å². The van der Waals surface area contributed by atoms with Crippen molar-refractivity contribution in [2.24, 2.45) is 0 Å². The van der Waals surface area contributed by atoms with Crippen molar-refractivity contribution < 1.29 is 9.53 Å². The molecule has 0 fully saturated rings. The fourth-order valence-electron chi connectivity index (χ4n) is 2.32. The molecule has 0 aliphatic rings. The number of rotatable bonds is 15. The summed E-state index contributed by atoms with van der Waals surface area (Å²) in [6, 6.07) is -0.277. The minimum absolute atomic E-state index is 0.181. The van der Waals surface area contributed by atoms with E-state index in [4.69, 9.17) is 4.74 Å². The molecule has 0 saturated heterocycles. The number of hydrogen-bond acceptors (Lipinski definition) is 4. The standard InChI is InChI=1S/C17H35NO2S/c1-3-4-5-6-7-8-9-10-11-12-13-14-20-17(19)16(15-21)18-2/h16,18,21H,3-15H2,1-2H3/t16-/m1/s1. The van der Waals surface area contributed by atoms with E-state index < -0.39 is 0 Å². The van der Waals surface area contributed by atoms with Crippen molar-refractivity contribution in [2.75, 3.05) is 19.4 Å². The molecule has 0 aromatic carbocycles. The van der Waals surface area contributed by atoms with Crippen LogP contribution in [0.4, 0.5) is 0 Å². The average molecular weight is 318 g/mol. The molecule has 0 spiro atoms. The number of esters is 1. The SMILES string of the molecule is CCCCCCCCCCCCCOC(=O)[C@@H](CS)NC. The zero-order valence-corrected chi connectivity index (χ0v) is 14.9. The van der Waals surface area contributed by atoms with E-state index in [2.05, 4.69) is 24.9 Å². The highest BCUT2D eigenvalue weighted by atomic mass is 32.1. The van der Waals surface area contributed by atoms with Gasteiger partial charge in [-0.2, -0.15) is 12.6 Å². The number of carbonyl (C=O) groups excluding carboxylic acids is 1. The highest BCUT2D eigenvalue weighted by Gasteiger charge is 2.15. The lowest BCUT2D eigenvalue weighted by Gasteiger charge is -2.12.